The van der Waals surface area contributed by atoms with E-state index in [4.69, 9.17) is 4.74 Å². The van der Waals surface area contributed by atoms with E-state index >= 15 is 0 Å². The molecule has 1 aromatic rings. The van der Waals surface area contributed by atoms with Gasteiger partial charge in [0.25, 0.3) is 5.91 Å². The molecule has 1 N–H and O–H groups in total. The standard InChI is InChI=1S/C14H21N3O5S2/c1-2-22-14(19)16-6-8-17(9-7-16)24(20,21)11-5-15-13(18)12-4-3-10-23-12/h3-4,10H,2,5-9,11H2,1H3,(H,15,18). The van der Waals surface area contributed by atoms with Gasteiger partial charge in [-0.25, -0.2) is 13.2 Å². The van der Waals surface area contributed by atoms with Crippen molar-refractivity contribution in [3.63, 3.8) is 0 Å². The summed E-state index contributed by atoms with van der Waals surface area (Å²) in [6, 6.07) is 3.45. The maximum absolute atomic E-state index is 12.3. The molecule has 1 fully saturated rings. The van der Waals surface area contributed by atoms with Gasteiger partial charge in [-0.1, -0.05) is 6.07 Å². The van der Waals surface area contributed by atoms with Crippen molar-refractivity contribution in [2.24, 2.45) is 0 Å². The SMILES string of the molecule is CCOC(=O)N1CCN(S(=O)(=O)CCNC(=O)c2cccs2)CC1. The van der Waals surface area contributed by atoms with Gasteiger partial charge in [0.1, 0.15) is 0 Å². The van der Waals surface area contributed by atoms with Crippen LogP contribution in [0.2, 0.25) is 0 Å². The van der Waals surface area contributed by atoms with E-state index in [1.807, 2.05) is 0 Å². The third-order valence-corrected chi connectivity index (χ3v) is 6.29. The Labute approximate surface area is 145 Å². The number of rotatable bonds is 6. The molecule has 0 atom stereocenters. The quantitative estimate of drug-likeness (QED) is 0.785. The number of thiophene rings is 1. The molecule has 1 aliphatic rings. The summed E-state index contributed by atoms with van der Waals surface area (Å²) in [4.78, 5) is 25.4. The lowest BCUT2D eigenvalue weighted by molar-refractivity contribution is 0.0929. The molecule has 2 rings (SSSR count). The number of hydrogen-bond acceptors (Lipinski definition) is 6. The molecule has 0 unspecified atom stereocenters. The molecular formula is C14H21N3O5S2. The molecule has 10 heteroatoms. The Balaban J connectivity index is 1.77. The van der Waals surface area contributed by atoms with Crippen LogP contribution >= 0.6 is 11.3 Å². The van der Waals surface area contributed by atoms with Crippen LogP contribution in [0.5, 0.6) is 0 Å². The van der Waals surface area contributed by atoms with Crippen LogP contribution in [0.1, 0.15) is 16.6 Å². The summed E-state index contributed by atoms with van der Waals surface area (Å²) in [5.41, 5.74) is 0. The van der Waals surface area contributed by atoms with Gasteiger partial charge in [-0.3, -0.25) is 4.79 Å². The second-order valence-corrected chi connectivity index (χ2v) is 8.17. The highest BCUT2D eigenvalue weighted by Gasteiger charge is 2.29. The smallest absolute Gasteiger partial charge is 0.409 e. The molecule has 0 bridgehead atoms. The van der Waals surface area contributed by atoms with Gasteiger partial charge in [-0.2, -0.15) is 4.31 Å². The van der Waals surface area contributed by atoms with Gasteiger partial charge in [0.05, 0.1) is 17.2 Å². The maximum atomic E-state index is 12.3. The van der Waals surface area contributed by atoms with E-state index in [0.29, 0.717) is 24.6 Å². The predicted molar refractivity (Wildman–Crippen MR) is 90.6 cm³/mol. The summed E-state index contributed by atoms with van der Waals surface area (Å²) in [5.74, 6) is -0.434. The molecule has 0 saturated carbocycles. The normalized spacial score (nSPS) is 16.0. The zero-order valence-electron chi connectivity index (χ0n) is 13.4. The number of hydrogen-bond donors (Lipinski definition) is 1. The van der Waals surface area contributed by atoms with Crippen LogP contribution in [0.3, 0.4) is 0 Å². The van der Waals surface area contributed by atoms with Crippen LogP contribution in [-0.2, 0) is 14.8 Å². The lowest BCUT2D eigenvalue weighted by atomic mass is 10.4. The molecule has 1 aromatic heterocycles. The van der Waals surface area contributed by atoms with E-state index in [1.165, 1.54) is 20.5 Å². The Bertz CT molecular complexity index is 652. The number of amides is 2. The van der Waals surface area contributed by atoms with Gasteiger partial charge < -0.3 is 15.0 Å². The van der Waals surface area contributed by atoms with Crippen LogP contribution in [0.4, 0.5) is 4.79 Å². The summed E-state index contributed by atoms with van der Waals surface area (Å²) in [6.45, 7) is 3.15. The molecule has 134 valence electrons. The van der Waals surface area contributed by atoms with Crippen molar-refractivity contribution in [2.75, 3.05) is 45.1 Å². The van der Waals surface area contributed by atoms with Crippen molar-refractivity contribution in [3.05, 3.63) is 22.4 Å². The molecule has 0 aliphatic carbocycles. The lowest BCUT2D eigenvalue weighted by Gasteiger charge is -2.33. The maximum Gasteiger partial charge on any atom is 0.409 e. The number of carbonyl (C=O) groups is 2. The highest BCUT2D eigenvalue weighted by Crippen LogP contribution is 2.10. The minimum absolute atomic E-state index is 0.0527. The molecule has 1 aliphatic heterocycles. The first-order valence-electron chi connectivity index (χ1n) is 7.65. The predicted octanol–water partition coefficient (Wildman–Crippen LogP) is 0.582. The highest BCUT2D eigenvalue weighted by molar-refractivity contribution is 7.89. The van der Waals surface area contributed by atoms with Crippen molar-refractivity contribution in [1.29, 1.82) is 0 Å². The first-order valence-corrected chi connectivity index (χ1v) is 10.1. The average Bonchev–Trinajstić information content (AvgIpc) is 3.09. The molecule has 8 nitrogen and oxygen atoms in total. The first-order chi connectivity index (χ1) is 11.4. The number of sulfonamides is 1. The number of ether oxygens (including phenoxy) is 1. The Morgan fingerprint density at radius 3 is 2.58 bits per heavy atom. The van der Waals surface area contributed by atoms with Crippen molar-refractivity contribution in [1.82, 2.24) is 14.5 Å². The molecule has 2 heterocycles. The lowest BCUT2D eigenvalue weighted by Crippen LogP contribution is -2.51. The fourth-order valence-electron chi connectivity index (χ4n) is 2.28. The average molecular weight is 375 g/mol. The first kappa shape index (κ1) is 18.7. The van der Waals surface area contributed by atoms with E-state index in [1.54, 1.807) is 24.4 Å². The number of nitrogens with one attached hydrogen (secondary N) is 1. The summed E-state index contributed by atoms with van der Waals surface area (Å²) in [7, 11) is -3.47. The Kier molecular flexibility index (Phi) is 6.58. The van der Waals surface area contributed by atoms with Gasteiger partial charge in [-0.15, -0.1) is 11.3 Å². The van der Waals surface area contributed by atoms with Gasteiger partial charge in [0.15, 0.2) is 0 Å². The van der Waals surface area contributed by atoms with Gasteiger partial charge in [0, 0.05) is 32.7 Å². The molecular weight excluding hydrogens is 354 g/mol. The molecule has 0 radical (unpaired) electrons. The third kappa shape index (κ3) is 4.92. The number of piperazine rings is 1. The van der Waals surface area contributed by atoms with E-state index in [0.717, 1.165) is 0 Å². The van der Waals surface area contributed by atoms with E-state index in [9.17, 15) is 18.0 Å². The largest absolute Gasteiger partial charge is 0.450 e. The third-order valence-electron chi connectivity index (χ3n) is 3.55. The molecule has 0 aromatic carbocycles. The Morgan fingerprint density at radius 1 is 1.29 bits per heavy atom. The topological polar surface area (TPSA) is 96.0 Å². The van der Waals surface area contributed by atoms with Gasteiger partial charge in [-0.05, 0) is 18.4 Å². The van der Waals surface area contributed by atoms with Crippen LogP contribution in [-0.4, -0.2) is 74.7 Å². The van der Waals surface area contributed by atoms with Crippen molar-refractivity contribution in [2.45, 2.75) is 6.92 Å². The summed E-state index contributed by atoms with van der Waals surface area (Å²) in [6.07, 6.45) is -0.419. The Hall–Kier alpha value is -1.65. The van der Waals surface area contributed by atoms with Gasteiger partial charge in [0.2, 0.25) is 10.0 Å². The van der Waals surface area contributed by atoms with Crippen molar-refractivity contribution >= 4 is 33.4 Å². The second-order valence-electron chi connectivity index (χ2n) is 5.13. The van der Waals surface area contributed by atoms with E-state index < -0.39 is 16.1 Å². The van der Waals surface area contributed by atoms with Crippen molar-refractivity contribution in [3.8, 4) is 0 Å². The monoisotopic (exact) mass is 375 g/mol. The molecule has 1 saturated heterocycles. The van der Waals surface area contributed by atoms with Crippen LogP contribution in [0, 0.1) is 0 Å². The van der Waals surface area contributed by atoms with E-state index in [-0.39, 0.29) is 31.3 Å². The second kappa shape index (κ2) is 8.45. The van der Waals surface area contributed by atoms with E-state index in [2.05, 4.69) is 5.32 Å². The summed E-state index contributed by atoms with van der Waals surface area (Å²) < 4.78 is 30.8. The number of carbonyl (C=O) groups excluding carboxylic acids is 2. The Morgan fingerprint density at radius 2 is 2.00 bits per heavy atom. The highest BCUT2D eigenvalue weighted by atomic mass is 32.2. The van der Waals surface area contributed by atoms with Gasteiger partial charge >= 0.3 is 6.09 Å². The summed E-state index contributed by atoms with van der Waals surface area (Å²) >= 11 is 1.30. The molecule has 24 heavy (non-hydrogen) atoms. The summed E-state index contributed by atoms with van der Waals surface area (Å²) in [5, 5.41) is 4.39. The van der Waals surface area contributed by atoms with Crippen LogP contribution in [0.25, 0.3) is 0 Å². The molecule has 0 spiro atoms. The minimum atomic E-state index is -3.47. The zero-order chi connectivity index (χ0) is 17.6. The van der Waals surface area contributed by atoms with Crippen molar-refractivity contribution < 1.29 is 22.7 Å². The molecule has 2 amide bonds. The van der Waals surface area contributed by atoms with Crippen LogP contribution < -0.4 is 5.32 Å². The van der Waals surface area contributed by atoms with Crippen LogP contribution in [0.15, 0.2) is 17.5 Å². The zero-order valence-corrected chi connectivity index (χ0v) is 15.1. The fraction of sp³-hybridized carbons (Fsp3) is 0.571. The number of nitrogens with zero attached hydrogens (tertiary/aromatic N) is 2. The fourth-order valence-corrected chi connectivity index (χ4v) is 4.26. The minimum Gasteiger partial charge on any atom is -0.450 e.